The topological polar surface area (TPSA) is 130 Å². The van der Waals surface area contributed by atoms with Crippen LogP contribution in [0.1, 0.15) is 86.3 Å². The molecule has 2 aliphatic rings. The average Bonchev–Trinajstić information content (AvgIpc) is 3.68. The Hall–Kier alpha value is -4.79. The summed E-state index contributed by atoms with van der Waals surface area (Å²) in [6.07, 6.45) is 6.16. The summed E-state index contributed by atoms with van der Waals surface area (Å²) in [7, 11) is 0. The summed E-state index contributed by atoms with van der Waals surface area (Å²) in [5.74, 6) is -0.328. The molecule has 3 N–H and O–H groups in total. The number of fused-ring (bicyclic) bond motifs is 2. The van der Waals surface area contributed by atoms with Crippen LogP contribution in [0.2, 0.25) is 0 Å². The second-order valence-electron chi connectivity index (χ2n) is 14.7. The van der Waals surface area contributed by atoms with Gasteiger partial charge in [0.1, 0.15) is 11.4 Å². The molecule has 0 unspecified atom stereocenters. The normalized spacial score (nSPS) is 18.2. The van der Waals surface area contributed by atoms with Crippen LogP contribution in [0.3, 0.4) is 0 Å². The summed E-state index contributed by atoms with van der Waals surface area (Å²) in [6.45, 7) is 8.12. The first-order chi connectivity index (χ1) is 23.4. The number of aromatic nitrogens is 2. The number of hydrogen-bond donors (Lipinski definition) is 3. The lowest BCUT2D eigenvalue weighted by Crippen LogP contribution is -2.37. The first-order valence-corrected chi connectivity index (χ1v) is 17.4. The van der Waals surface area contributed by atoms with E-state index in [1.54, 1.807) is 18.5 Å². The summed E-state index contributed by atoms with van der Waals surface area (Å²) in [4.78, 5) is 59.4. The van der Waals surface area contributed by atoms with Crippen molar-refractivity contribution in [3.8, 4) is 11.1 Å². The fourth-order valence-corrected chi connectivity index (χ4v) is 7.18. The maximum atomic E-state index is 13.8. The predicted octanol–water partition coefficient (Wildman–Crippen LogP) is 7.75. The van der Waals surface area contributed by atoms with Gasteiger partial charge in [0.25, 0.3) is 0 Å². The average molecular weight is 663 g/mol. The lowest BCUT2D eigenvalue weighted by Gasteiger charge is -2.29. The van der Waals surface area contributed by atoms with Crippen molar-refractivity contribution in [2.75, 3.05) is 11.9 Å². The number of carbonyl (C=O) groups excluding carboxylic acids is 4. The minimum atomic E-state index is -0.554. The van der Waals surface area contributed by atoms with Crippen LogP contribution in [0, 0.1) is 24.7 Å². The summed E-state index contributed by atoms with van der Waals surface area (Å²) in [5, 5.41) is 5.93. The highest BCUT2D eigenvalue weighted by Crippen LogP contribution is 2.33. The standard InChI is InChI=1S/C40H46N4O5/c1-24-17-34-35(43-23-42-34)21-33(24)27-9-5-25(6-10-27)18-30(38(47)44-31-14-15-32-29(19-31)13-16-36(32)45)20-37(46)28-11-7-26(8-12-28)22-41-39(48)49-40(2,3)4/h5-6,9-10,14-15,17,19,21,23,26,28,30H,7-8,11-13,16,18,20,22H2,1-4H3,(H,41,48)(H,42,43)(H,44,47)/t26?,28?,30-/m1/s1. The molecule has 6 rings (SSSR count). The molecule has 1 saturated carbocycles. The third kappa shape index (κ3) is 8.45. The van der Waals surface area contributed by atoms with Crippen LogP contribution in [-0.2, 0) is 27.2 Å². The molecular formula is C40H46N4O5. The van der Waals surface area contributed by atoms with E-state index < -0.39 is 17.6 Å². The highest BCUT2D eigenvalue weighted by molar-refractivity contribution is 6.02. The van der Waals surface area contributed by atoms with E-state index in [-0.39, 0.29) is 29.8 Å². The largest absolute Gasteiger partial charge is 0.444 e. The molecule has 0 saturated heterocycles. The Morgan fingerprint density at radius 2 is 1.71 bits per heavy atom. The zero-order valence-electron chi connectivity index (χ0n) is 28.9. The van der Waals surface area contributed by atoms with Crippen LogP contribution >= 0.6 is 0 Å². The van der Waals surface area contributed by atoms with E-state index in [2.05, 4.69) is 51.8 Å². The number of amides is 2. The first kappa shape index (κ1) is 34.1. The Kier molecular flexibility index (Phi) is 9.99. The highest BCUT2D eigenvalue weighted by atomic mass is 16.6. The van der Waals surface area contributed by atoms with Crippen molar-refractivity contribution in [1.29, 1.82) is 0 Å². The Morgan fingerprint density at radius 1 is 0.959 bits per heavy atom. The quantitative estimate of drug-likeness (QED) is 0.159. The summed E-state index contributed by atoms with van der Waals surface area (Å²) in [5.41, 5.74) is 7.96. The number of ketones is 2. The van der Waals surface area contributed by atoms with Gasteiger partial charge in [0.15, 0.2) is 5.78 Å². The van der Waals surface area contributed by atoms with Crippen molar-refractivity contribution in [3.63, 3.8) is 0 Å². The Morgan fingerprint density at radius 3 is 2.45 bits per heavy atom. The molecule has 0 radical (unpaired) electrons. The molecule has 0 bridgehead atoms. The fourth-order valence-electron chi connectivity index (χ4n) is 7.18. The van der Waals surface area contributed by atoms with E-state index in [1.165, 1.54) is 0 Å². The molecule has 0 aliphatic heterocycles. The number of aromatic amines is 1. The lowest BCUT2D eigenvalue weighted by atomic mass is 9.77. The predicted molar refractivity (Wildman–Crippen MR) is 190 cm³/mol. The molecule has 3 aromatic carbocycles. The van der Waals surface area contributed by atoms with E-state index >= 15 is 0 Å². The Labute approximate surface area is 287 Å². The van der Waals surface area contributed by atoms with E-state index in [9.17, 15) is 19.2 Å². The smallest absolute Gasteiger partial charge is 0.407 e. The number of alkyl carbamates (subject to hydrolysis) is 1. The number of Topliss-reactive ketones (excluding diaryl/α,β-unsaturated/α-hetero) is 2. The maximum absolute atomic E-state index is 13.8. The van der Waals surface area contributed by atoms with Gasteiger partial charge in [-0.2, -0.15) is 0 Å². The van der Waals surface area contributed by atoms with E-state index in [0.29, 0.717) is 37.4 Å². The number of ether oxygens (including phenoxy) is 1. The minimum Gasteiger partial charge on any atom is -0.444 e. The van der Waals surface area contributed by atoms with Gasteiger partial charge in [0.05, 0.1) is 17.4 Å². The molecule has 1 heterocycles. The molecule has 1 atom stereocenters. The van der Waals surface area contributed by atoms with Crippen LogP contribution in [0.4, 0.5) is 10.5 Å². The fraction of sp³-hybridized carbons (Fsp3) is 0.425. The lowest BCUT2D eigenvalue weighted by molar-refractivity contribution is -0.129. The van der Waals surface area contributed by atoms with Gasteiger partial charge in [-0.05, 0) is 130 Å². The van der Waals surface area contributed by atoms with Gasteiger partial charge in [-0.15, -0.1) is 0 Å². The van der Waals surface area contributed by atoms with Crippen molar-refractivity contribution >= 4 is 40.3 Å². The van der Waals surface area contributed by atoms with Crippen molar-refractivity contribution < 1.29 is 23.9 Å². The third-order valence-corrected chi connectivity index (χ3v) is 9.86. The van der Waals surface area contributed by atoms with Crippen LogP contribution in [0.5, 0.6) is 0 Å². The molecule has 9 nitrogen and oxygen atoms in total. The molecule has 256 valence electrons. The highest BCUT2D eigenvalue weighted by Gasteiger charge is 2.31. The van der Waals surface area contributed by atoms with E-state index in [1.807, 2.05) is 39.0 Å². The van der Waals surface area contributed by atoms with Crippen LogP contribution in [0.25, 0.3) is 22.2 Å². The Bertz CT molecular complexity index is 1860. The molecule has 9 heteroatoms. The molecule has 49 heavy (non-hydrogen) atoms. The molecule has 4 aromatic rings. The van der Waals surface area contributed by atoms with E-state index in [4.69, 9.17) is 4.74 Å². The molecule has 1 fully saturated rings. The number of carbonyl (C=O) groups is 4. The van der Waals surface area contributed by atoms with Gasteiger partial charge in [0, 0.05) is 42.5 Å². The van der Waals surface area contributed by atoms with Crippen LogP contribution in [-0.4, -0.2) is 45.7 Å². The van der Waals surface area contributed by atoms with Gasteiger partial charge in [0.2, 0.25) is 5.91 Å². The molecule has 2 amide bonds. The van der Waals surface area contributed by atoms with Gasteiger partial charge >= 0.3 is 6.09 Å². The van der Waals surface area contributed by atoms with Crippen molar-refractivity contribution in [2.45, 2.75) is 84.7 Å². The van der Waals surface area contributed by atoms with E-state index in [0.717, 1.165) is 70.1 Å². The first-order valence-electron chi connectivity index (χ1n) is 17.4. The van der Waals surface area contributed by atoms with Gasteiger partial charge in [-0.1, -0.05) is 24.3 Å². The number of imidazole rings is 1. The van der Waals surface area contributed by atoms with Crippen molar-refractivity contribution in [1.82, 2.24) is 15.3 Å². The molecule has 1 aromatic heterocycles. The zero-order chi connectivity index (χ0) is 34.7. The number of aryl methyl sites for hydroxylation is 2. The molecular weight excluding hydrogens is 616 g/mol. The number of benzene rings is 3. The maximum Gasteiger partial charge on any atom is 0.407 e. The SMILES string of the molecule is Cc1cc2[nH]cnc2cc1-c1ccc(C[C@H](CC(=O)C2CCC(CNC(=O)OC(C)(C)C)CC2)C(=O)Nc2ccc3c(c2)CCC3=O)cc1. The summed E-state index contributed by atoms with van der Waals surface area (Å²) >= 11 is 0. The van der Waals surface area contributed by atoms with Crippen LogP contribution < -0.4 is 10.6 Å². The van der Waals surface area contributed by atoms with Crippen LogP contribution in [0.15, 0.2) is 60.9 Å². The molecule has 0 spiro atoms. The summed E-state index contributed by atoms with van der Waals surface area (Å²) < 4.78 is 5.36. The number of hydrogen-bond acceptors (Lipinski definition) is 6. The van der Waals surface area contributed by atoms with Gasteiger partial charge in [-0.25, -0.2) is 9.78 Å². The minimum absolute atomic E-state index is 0.109. The Balaban J connectivity index is 1.13. The third-order valence-electron chi connectivity index (χ3n) is 9.86. The number of nitrogens with zero attached hydrogens (tertiary/aromatic N) is 1. The van der Waals surface area contributed by atoms with Crippen molar-refractivity contribution in [2.24, 2.45) is 17.8 Å². The second-order valence-corrected chi connectivity index (χ2v) is 14.7. The second kappa shape index (κ2) is 14.4. The van der Waals surface area contributed by atoms with Crippen molar-refractivity contribution in [3.05, 3.63) is 83.2 Å². The molecule has 2 aliphatic carbocycles. The number of H-pyrrole nitrogens is 1. The zero-order valence-corrected chi connectivity index (χ0v) is 28.9. The monoisotopic (exact) mass is 662 g/mol. The summed E-state index contributed by atoms with van der Waals surface area (Å²) in [6, 6.07) is 17.8. The van der Waals surface area contributed by atoms with Gasteiger partial charge in [-0.3, -0.25) is 14.4 Å². The number of nitrogens with one attached hydrogen (secondary N) is 3. The van der Waals surface area contributed by atoms with Gasteiger partial charge < -0.3 is 20.4 Å². The number of anilines is 1. The number of rotatable bonds is 10.